The van der Waals surface area contributed by atoms with Crippen LogP contribution in [-0.2, 0) is 16.1 Å². The Hall–Kier alpha value is -1.35. The van der Waals surface area contributed by atoms with E-state index < -0.39 is 0 Å². The average Bonchev–Trinajstić information content (AvgIpc) is 2.62. The Morgan fingerprint density at radius 3 is 1.92 bits per heavy atom. The van der Waals surface area contributed by atoms with Crippen molar-refractivity contribution in [2.45, 2.75) is 84.5 Å². The highest BCUT2D eigenvalue weighted by Gasteiger charge is 2.25. The fourth-order valence-corrected chi connectivity index (χ4v) is 3.46. The molecule has 0 N–H and O–H groups in total. The summed E-state index contributed by atoms with van der Waals surface area (Å²) in [6.07, 6.45) is 14.2. The minimum absolute atomic E-state index is 0.187. The van der Waals surface area contributed by atoms with Crippen LogP contribution in [0.15, 0.2) is 30.3 Å². The molecule has 26 heavy (non-hydrogen) atoms. The second kappa shape index (κ2) is 13.8. The molecule has 0 aliphatic heterocycles. The van der Waals surface area contributed by atoms with Gasteiger partial charge in [-0.2, -0.15) is 0 Å². The second-order valence-electron chi connectivity index (χ2n) is 7.74. The van der Waals surface area contributed by atoms with Crippen LogP contribution in [0.1, 0.15) is 83.6 Å². The molecule has 1 aromatic carbocycles. The van der Waals surface area contributed by atoms with Crippen LogP contribution in [0.5, 0.6) is 0 Å². The van der Waals surface area contributed by atoms with Crippen LogP contribution >= 0.6 is 0 Å². The van der Waals surface area contributed by atoms with E-state index in [4.69, 9.17) is 4.84 Å². The van der Waals surface area contributed by atoms with Crippen LogP contribution in [0.25, 0.3) is 0 Å². The van der Waals surface area contributed by atoms with E-state index in [0.717, 1.165) is 25.9 Å². The predicted molar refractivity (Wildman–Crippen MR) is 110 cm³/mol. The summed E-state index contributed by atoms with van der Waals surface area (Å²) < 4.78 is 0.390. The zero-order valence-corrected chi connectivity index (χ0v) is 17.3. The van der Waals surface area contributed by atoms with Crippen LogP contribution in [0.4, 0.5) is 0 Å². The summed E-state index contributed by atoms with van der Waals surface area (Å²) in [7, 11) is 2.04. The zero-order valence-electron chi connectivity index (χ0n) is 17.3. The Balaban J connectivity index is 2.21. The maximum atomic E-state index is 11.5. The van der Waals surface area contributed by atoms with Gasteiger partial charge >= 0.3 is 5.97 Å². The van der Waals surface area contributed by atoms with Crippen molar-refractivity contribution in [3.63, 3.8) is 0 Å². The third-order valence-corrected chi connectivity index (χ3v) is 5.05. The first-order valence-corrected chi connectivity index (χ1v) is 10.6. The minimum Gasteiger partial charge on any atom is -0.277 e. The summed E-state index contributed by atoms with van der Waals surface area (Å²) in [4.78, 5) is 17.2. The van der Waals surface area contributed by atoms with Gasteiger partial charge in [-0.1, -0.05) is 88.6 Å². The van der Waals surface area contributed by atoms with Crippen molar-refractivity contribution >= 4 is 5.97 Å². The number of likely N-dealkylation sites (N-methyl/N-ethyl adjacent to an activating group) is 1. The number of nitrogens with zero attached hydrogens (tertiary/aromatic N) is 1. The molecule has 1 rings (SSSR count). The van der Waals surface area contributed by atoms with Gasteiger partial charge in [-0.3, -0.25) is 4.84 Å². The zero-order chi connectivity index (χ0) is 19.1. The van der Waals surface area contributed by atoms with E-state index in [9.17, 15) is 4.79 Å². The number of hydrogen-bond donors (Lipinski definition) is 0. The number of benzene rings is 1. The molecule has 0 aliphatic rings. The van der Waals surface area contributed by atoms with Crippen LogP contribution < -0.4 is 0 Å². The van der Waals surface area contributed by atoms with Gasteiger partial charge in [0.2, 0.25) is 0 Å². The van der Waals surface area contributed by atoms with Crippen molar-refractivity contribution in [2.75, 3.05) is 20.1 Å². The Morgan fingerprint density at radius 1 is 0.846 bits per heavy atom. The van der Waals surface area contributed by atoms with E-state index in [-0.39, 0.29) is 5.97 Å². The molecule has 0 spiro atoms. The molecule has 1 unspecified atom stereocenters. The number of hydroxylamine groups is 3. The molecule has 0 heterocycles. The lowest BCUT2D eigenvalue weighted by Crippen LogP contribution is -2.47. The molecule has 148 valence electrons. The Bertz CT molecular complexity index is 474. The largest absolute Gasteiger partial charge is 0.363 e. The topological polar surface area (TPSA) is 26.3 Å². The molecule has 0 saturated carbocycles. The summed E-state index contributed by atoms with van der Waals surface area (Å²) in [6.45, 7) is 5.52. The van der Waals surface area contributed by atoms with Crippen LogP contribution in [-0.4, -0.2) is 30.8 Å². The lowest BCUT2D eigenvalue weighted by Gasteiger charge is -2.30. The summed E-state index contributed by atoms with van der Waals surface area (Å²) in [6, 6.07) is 10.4. The van der Waals surface area contributed by atoms with E-state index in [1.54, 1.807) is 0 Å². The van der Waals surface area contributed by atoms with Crippen molar-refractivity contribution in [1.82, 2.24) is 0 Å². The van der Waals surface area contributed by atoms with Crippen molar-refractivity contribution in [2.24, 2.45) is 0 Å². The molecule has 0 saturated heterocycles. The molecule has 0 fully saturated rings. The Kier molecular flexibility index (Phi) is 12.0. The third-order valence-electron chi connectivity index (χ3n) is 5.05. The first-order valence-electron chi connectivity index (χ1n) is 10.6. The molecule has 0 bridgehead atoms. The van der Waals surface area contributed by atoms with E-state index in [0.29, 0.717) is 4.65 Å². The fourth-order valence-electron chi connectivity index (χ4n) is 3.46. The number of unbranched alkanes of at least 4 members (excludes halogenated alkanes) is 9. The molecule has 3 heteroatoms. The molecular weight excluding hydrogens is 322 g/mol. The van der Waals surface area contributed by atoms with Gasteiger partial charge in [-0.05, 0) is 12.0 Å². The van der Waals surface area contributed by atoms with Crippen molar-refractivity contribution in [3.05, 3.63) is 35.9 Å². The smallest absolute Gasteiger partial charge is 0.277 e. The van der Waals surface area contributed by atoms with E-state index in [1.807, 2.05) is 13.1 Å². The SMILES string of the molecule is CCCCCCCCCCCC[N+](C)(CCc1ccccc1)OC(C)=O. The maximum absolute atomic E-state index is 11.5. The van der Waals surface area contributed by atoms with Gasteiger partial charge in [0.15, 0.2) is 0 Å². The minimum atomic E-state index is -0.187. The molecule has 0 amide bonds. The van der Waals surface area contributed by atoms with Gasteiger partial charge in [0.05, 0.1) is 0 Å². The summed E-state index contributed by atoms with van der Waals surface area (Å²) >= 11 is 0. The van der Waals surface area contributed by atoms with E-state index in [1.165, 1.54) is 70.3 Å². The van der Waals surface area contributed by atoms with Gasteiger partial charge in [-0.25, -0.2) is 4.79 Å². The average molecular weight is 363 g/mol. The highest BCUT2D eigenvalue weighted by Crippen LogP contribution is 2.14. The standard InChI is InChI=1S/C23H40NO2/c1-4-5-6-7-8-9-10-11-12-16-20-24(3,26-22(2)25)21-19-23-17-14-13-15-18-23/h13-15,17-18H,4-12,16,19-21H2,1-3H3/q+1. The lowest BCUT2D eigenvalue weighted by atomic mass is 10.1. The molecule has 0 aromatic heterocycles. The maximum Gasteiger partial charge on any atom is 0.363 e. The van der Waals surface area contributed by atoms with Gasteiger partial charge < -0.3 is 0 Å². The first-order chi connectivity index (χ1) is 12.6. The lowest BCUT2D eigenvalue weighted by molar-refractivity contribution is -1.07. The molecule has 0 aliphatic carbocycles. The van der Waals surface area contributed by atoms with E-state index in [2.05, 4.69) is 31.2 Å². The van der Waals surface area contributed by atoms with Crippen LogP contribution in [0.3, 0.4) is 0 Å². The second-order valence-corrected chi connectivity index (χ2v) is 7.74. The molecular formula is C23H40NO2+. The van der Waals surface area contributed by atoms with Crippen molar-refractivity contribution in [1.29, 1.82) is 0 Å². The third kappa shape index (κ3) is 11.3. The van der Waals surface area contributed by atoms with Crippen molar-refractivity contribution < 1.29 is 14.3 Å². The summed E-state index contributed by atoms with van der Waals surface area (Å²) in [5, 5.41) is 0. The Labute approximate surface area is 161 Å². The fraction of sp³-hybridized carbons (Fsp3) is 0.696. The number of rotatable bonds is 15. The van der Waals surface area contributed by atoms with Gasteiger partial charge in [0, 0.05) is 19.8 Å². The van der Waals surface area contributed by atoms with Crippen LogP contribution in [0, 0.1) is 0 Å². The van der Waals surface area contributed by atoms with Crippen LogP contribution in [0.2, 0.25) is 0 Å². The monoisotopic (exact) mass is 362 g/mol. The highest BCUT2D eigenvalue weighted by atomic mass is 16.7. The Morgan fingerprint density at radius 2 is 1.38 bits per heavy atom. The van der Waals surface area contributed by atoms with Gasteiger partial charge in [-0.15, -0.1) is 4.65 Å². The molecule has 3 nitrogen and oxygen atoms in total. The molecule has 1 aromatic rings. The first kappa shape index (κ1) is 22.7. The number of quaternary nitrogens is 1. The quantitative estimate of drug-likeness (QED) is 0.215. The van der Waals surface area contributed by atoms with E-state index >= 15 is 0 Å². The molecule has 1 atom stereocenters. The molecule has 0 radical (unpaired) electrons. The number of carbonyl (C=O) groups is 1. The normalized spacial score (nSPS) is 13.3. The highest BCUT2D eigenvalue weighted by molar-refractivity contribution is 5.65. The van der Waals surface area contributed by atoms with Gasteiger partial charge in [0.25, 0.3) is 0 Å². The van der Waals surface area contributed by atoms with Crippen molar-refractivity contribution in [3.8, 4) is 0 Å². The summed E-state index contributed by atoms with van der Waals surface area (Å²) in [5.74, 6) is -0.187. The number of carbonyl (C=O) groups excluding carboxylic acids is 1. The number of hydrogen-bond acceptors (Lipinski definition) is 2. The van der Waals surface area contributed by atoms with Gasteiger partial charge in [0.1, 0.15) is 20.1 Å². The predicted octanol–water partition coefficient (Wildman–Crippen LogP) is 6.07. The summed E-state index contributed by atoms with van der Waals surface area (Å²) in [5.41, 5.74) is 1.30.